The van der Waals surface area contributed by atoms with Crippen molar-refractivity contribution in [3.05, 3.63) is 87.3 Å². The normalized spacial score (nSPS) is 11.7. The van der Waals surface area contributed by atoms with E-state index in [1.54, 1.807) is 37.3 Å². The zero-order chi connectivity index (χ0) is 21.1. The van der Waals surface area contributed by atoms with Crippen molar-refractivity contribution < 1.29 is 14.3 Å². The van der Waals surface area contributed by atoms with Crippen molar-refractivity contribution in [3.63, 3.8) is 0 Å². The first kappa shape index (κ1) is 19.3. The Morgan fingerprint density at radius 2 is 1.97 bits per heavy atom. The quantitative estimate of drug-likeness (QED) is 0.710. The molecule has 0 spiro atoms. The van der Waals surface area contributed by atoms with Gasteiger partial charge in [-0.2, -0.15) is 5.26 Å². The Morgan fingerprint density at radius 3 is 2.80 bits per heavy atom. The lowest BCUT2D eigenvalue weighted by Gasteiger charge is -2.12. The van der Waals surface area contributed by atoms with E-state index in [-0.39, 0.29) is 12.4 Å². The number of nitrogens with one attached hydrogen (secondary N) is 1. The highest BCUT2D eigenvalue weighted by atomic mass is 16.7. The topological polar surface area (TPSA) is 93.3 Å². The van der Waals surface area contributed by atoms with Crippen LogP contribution >= 0.6 is 0 Å². The van der Waals surface area contributed by atoms with E-state index < -0.39 is 11.5 Å². The molecule has 30 heavy (non-hydrogen) atoms. The molecule has 0 fully saturated rings. The van der Waals surface area contributed by atoms with Crippen molar-refractivity contribution in [1.29, 1.82) is 5.26 Å². The van der Waals surface area contributed by atoms with Crippen molar-refractivity contribution in [1.82, 2.24) is 9.88 Å². The monoisotopic (exact) mass is 401 g/mol. The molecule has 1 aliphatic rings. The smallest absolute Gasteiger partial charge is 0.268 e. The lowest BCUT2D eigenvalue weighted by Crippen LogP contribution is -2.34. The third kappa shape index (κ3) is 3.76. The number of aryl methyl sites for hydroxylation is 1. The predicted octanol–water partition coefficient (Wildman–Crippen LogP) is 2.72. The number of carbonyl (C=O) groups excluding carboxylic acids is 1. The van der Waals surface area contributed by atoms with Crippen molar-refractivity contribution in [2.75, 3.05) is 13.3 Å². The van der Waals surface area contributed by atoms with E-state index in [0.717, 1.165) is 5.56 Å². The minimum atomic E-state index is -0.439. The minimum Gasteiger partial charge on any atom is -0.454 e. The van der Waals surface area contributed by atoms with E-state index in [1.165, 1.54) is 10.6 Å². The molecule has 2 aromatic carbocycles. The Kier molecular flexibility index (Phi) is 5.22. The number of hydrogen-bond donors (Lipinski definition) is 1. The van der Waals surface area contributed by atoms with Gasteiger partial charge in [-0.15, -0.1) is 0 Å². The van der Waals surface area contributed by atoms with Crippen molar-refractivity contribution in [3.8, 4) is 23.3 Å². The van der Waals surface area contributed by atoms with E-state index in [2.05, 4.69) is 11.4 Å². The lowest BCUT2D eigenvalue weighted by molar-refractivity contribution is 0.0952. The van der Waals surface area contributed by atoms with E-state index in [1.807, 2.05) is 18.2 Å². The molecule has 150 valence electrons. The van der Waals surface area contributed by atoms with Gasteiger partial charge in [0.25, 0.3) is 11.5 Å². The lowest BCUT2D eigenvalue weighted by atomic mass is 10.1. The third-order valence-corrected chi connectivity index (χ3v) is 4.89. The van der Waals surface area contributed by atoms with Crippen LogP contribution in [0, 0.1) is 18.3 Å². The van der Waals surface area contributed by atoms with Crippen LogP contribution in [0.4, 0.5) is 0 Å². The standard InChI is InChI=1S/C23H19N3O4/c1-15-5-7-19(23(28)26(15)18-4-2-3-17(11-18)13-24)22(27)25-10-9-16-6-8-20-21(12-16)30-14-29-20/h2-8,11-12H,9-10,14H2,1H3,(H,25,27). The number of pyridine rings is 1. The van der Waals surface area contributed by atoms with Gasteiger partial charge in [0.15, 0.2) is 11.5 Å². The largest absolute Gasteiger partial charge is 0.454 e. The summed E-state index contributed by atoms with van der Waals surface area (Å²) in [6.45, 7) is 2.37. The fraction of sp³-hybridized carbons (Fsp3) is 0.174. The second kappa shape index (κ2) is 8.13. The number of fused-ring (bicyclic) bond motifs is 1. The molecule has 0 bridgehead atoms. The summed E-state index contributed by atoms with van der Waals surface area (Å²) in [6, 6.07) is 17.7. The zero-order valence-electron chi connectivity index (χ0n) is 16.3. The van der Waals surface area contributed by atoms with Gasteiger partial charge < -0.3 is 14.8 Å². The fourth-order valence-electron chi connectivity index (χ4n) is 3.35. The summed E-state index contributed by atoms with van der Waals surface area (Å²) in [4.78, 5) is 25.6. The number of rotatable bonds is 5. The number of carbonyl (C=O) groups is 1. The fourth-order valence-corrected chi connectivity index (χ4v) is 3.35. The number of hydrogen-bond acceptors (Lipinski definition) is 5. The van der Waals surface area contributed by atoms with Gasteiger partial charge >= 0.3 is 0 Å². The third-order valence-electron chi connectivity index (χ3n) is 4.89. The number of nitrogens with zero attached hydrogens (tertiary/aromatic N) is 2. The van der Waals surface area contributed by atoms with Crippen LogP contribution in [0.15, 0.2) is 59.4 Å². The first-order chi connectivity index (χ1) is 14.6. The SMILES string of the molecule is Cc1ccc(C(=O)NCCc2ccc3c(c2)OCO3)c(=O)n1-c1cccc(C#N)c1. The van der Waals surface area contributed by atoms with Crippen molar-refractivity contribution in [2.24, 2.45) is 0 Å². The second-order valence-corrected chi connectivity index (χ2v) is 6.88. The summed E-state index contributed by atoms with van der Waals surface area (Å²) in [5.74, 6) is 0.967. The molecule has 0 atom stereocenters. The van der Waals surface area contributed by atoms with Crippen LogP contribution in [0.5, 0.6) is 11.5 Å². The molecule has 2 heterocycles. The highest BCUT2D eigenvalue weighted by Gasteiger charge is 2.16. The van der Waals surface area contributed by atoms with Gasteiger partial charge in [-0.25, -0.2) is 0 Å². The van der Waals surface area contributed by atoms with Crippen LogP contribution in [0.1, 0.15) is 27.2 Å². The summed E-state index contributed by atoms with van der Waals surface area (Å²) in [6.07, 6.45) is 0.590. The van der Waals surface area contributed by atoms with Gasteiger partial charge in [-0.05, 0) is 61.4 Å². The summed E-state index contributed by atoms with van der Waals surface area (Å²) >= 11 is 0. The highest BCUT2D eigenvalue weighted by molar-refractivity contribution is 5.93. The molecule has 3 aromatic rings. The maximum Gasteiger partial charge on any atom is 0.268 e. The summed E-state index contributed by atoms with van der Waals surface area (Å²) < 4.78 is 12.1. The molecule has 1 aromatic heterocycles. The van der Waals surface area contributed by atoms with E-state index >= 15 is 0 Å². The average molecular weight is 401 g/mol. The van der Waals surface area contributed by atoms with Crippen LogP contribution in [0.3, 0.4) is 0 Å². The van der Waals surface area contributed by atoms with Gasteiger partial charge in [0, 0.05) is 12.2 Å². The summed E-state index contributed by atoms with van der Waals surface area (Å²) in [5, 5.41) is 11.9. The predicted molar refractivity (Wildman–Crippen MR) is 110 cm³/mol. The van der Waals surface area contributed by atoms with Crippen LogP contribution in [0.2, 0.25) is 0 Å². The average Bonchev–Trinajstić information content (AvgIpc) is 3.22. The first-order valence-electron chi connectivity index (χ1n) is 9.47. The van der Waals surface area contributed by atoms with Crippen molar-refractivity contribution in [2.45, 2.75) is 13.3 Å². The van der Waals surface area contributed by atoms with E-state index in [4.69, 9.17) is 14.7 Å². The number of ether oxygens (including phenoxy) is 2. The summed E-state index contributed by atoms with van der Waals surface area (Å²) in [5.41, 5.74) is 2.28. The van der Waals surface area contributed by atoms with Crippen molar-refractivity contribution >= 4 is 5.91 Å². The number of nitriles is 1. The zero-order valence-corrected chi connectivity index (χ0v) is 16.3. The molecular formula is C23H19N3O4. The molecule has 0 aliphatic carbocycles. The highest BCUT2D eigenvalue weighted by Crippen LogP contribution is 2.32. The molecule has 1 N–H and O–H groups in total. The summed E-state index contributed by atoms with van der Waals surface area (Å²) in [7, 11) is 0. The molecule has 0 radical (unpaired) electrons. The Balaban J connectivity index is 1.50. The minimum absolute atomic E-state index is 0.0497. The van der Waals surface area contributed by atoms with Crippen LogP contribution < -0.4 is 20.3 Å². The van der Waals surface area contributed by atoms with Crippen LogP contribution in [0.25, 0.3) is 5.69 Å². The molecule has 0 unspecified atom stereocenters. The van der Waals surface area contributed by atoms with Crippen LogP contribution in [-0.2, 0) is 6.42 Å². The maximum atomic E-state index is 13.0. The van der Waals surface area contributed by atoms with Crippen LogP contribution in [-0.4, -0.2) is 23.8 Å². The molecule has 7 nitrogen and oxygen atoms in total. The first-order valence-corrected chi connectivity index (χ1v) is 9.47. The molecule has 1 aliphatic heterocycles. The molecule has 1 amide bonds. The molecule has 4 rings (SSSR count). The molecule has 7 heteroatoms. The Morgan fingerprint density at radius 1 is 1.13 bits per heavy atom. The maximum absolute atomic E-state index is 13.0. The molecular weight excluding hydrogens is 382 g/mol. The Hall–Kier alpha value is -4.05. The van der Waals surface area contributed by atoms with Gasteiger partial charge in [0.05, 0.1) is 17.3 Å². The molecule has 0 saturated carbocycles. The van der Waals surface area contributed by atoms with E-state index in [9.17, 15) is 9.59 Å². The Bertz CT molecular complexity index is 1220. The van der Waals surface area contributed by atoms with E-state index in [0.29, 0.717) is 41.4 Å². The number of amides is 1. The Labute approximate surface area is 173 Å². The van der Waals surface area contributed by atoms with Gasteiger partial charge in [-0.3, -0.25) is 14.2 Å². The second-order valence-electron chi connectivity index (χ2n) is 6.88. The van der Waals surface area contributed by atoms with Gasteiger partial charge in [0.1, 0.15) is 5.56 Å². The van der Waals surface area contributed by atoms with Gasteiger partial charge in [-0.1, -0.05) is 12.1 Å². The van der Waals surface area contributed by atoms with Gasteiger partial charge in [0.2, 0.25) is 6.79 Å². The molecule has 0 saturated heterocycles. The number of aromatic nitrogens is 1. The number of benzene rings is 2.